The second-order valence-corrected chi connectivity index (χ2v) is 6.10. The number of nitrogens with zero attached hydrogens (tertiary/aromatic N) is 2. The monoisotopic (exact) mass is 321 g/mol. The summed E-state index contributed by atoms with van der Waals surface area (Å²) in [7, 11) is 1.74. The molecule has 1 atom stereocenters. The number of nitrogens with one attached hydrogen (secondary N) is 1. The average molecular weight is 321 g/mol. The highest BCUT2D eigenvalue weighted by molar-refractivity contribution is 5.34. The van der Waals surface area contributed by atoms with E-state index < -0.39 is 0 Å². The standard InChI is InChI=1S/C20H23N3O/c1-20(16-24-2,18-7-4-3-5-8-18)21-15-17-9-11-19(12-10-17)23-14-6-13-22-23/h3-14,21H,15-16H2,1-2H3/t20-/m1/s1. The van der Waals surface area contributed by atoms with Gasteiger partial charge in [0.2, 0.25) is 0 Å². The summed E-state index contributed by atoms with van der Waals surface area (Å²) in [6.45, 7) is 3.56. The van der Waals surface area contributed by atoms with Crippen molar-refractivity contribution in [1.82, 2.24) is 15.1 Å². The Balaban J connectivity index is 1.71. The van der Waals surface area contributed by atoms with E-state index in [1.807, 2.05) is 23.0 Å². The van der Waals surface area contributed by atoms with Gasteiger partial charge in [0.15, 0.2) is 0 Å². The van der Waals surface area contributed by atoms with E-state index in [-0.39, 0.29) is 5.54 Å². The number of methoxy groups -OCH3 is 1. The fourth-order valence-corrected chi connectivity index (χ4v) is 2.82. The van der Waals surface area contributed by atoms with E-state index in [1.54, 1.807) is 13.3 Å². The zero-order valence-corrected chi connectivity index (χ0v) is 14.1. The highest BCUT2D eigenvalue weighted by Gasteiger charge is 2.25. The summed E-state index contributed by atoms with van der Waals surface area (Å²) in [5.41, 5.74) is 3.28. The lowest BCUT2D eigenvalue weighted by Crippen LogP contribution is -2.43. The van der Waals surface area contributed by atoms with Crippen molar-refractivity contribution in [3.05, 3.63) is 84.2 Å². The molecular formula is C20H23N3O. The van der Waals surface area contributed by atoms with Crippen LogP contribution in [0.4, 0.5) is 0 Å². The molecule has 4 heteroatoms. The van der Waals surface area contributed by atoms with Gasteiger partial charge in [0.25, 0.3) is 0 Å². The van der Waals surface area contributed by atoms with Gasteiger partial charge in [0.05, 0.1) is 17.8 Å². The summed E-state index contributed by atoms with van der Waals surface area (Å²) < 4.78 is 7.30. The number of rotatable bonds is 7. The maximum atomic E-state index is 5.44. The fourth-order valence-electron chi connectivity index (χ4n) is 2.82. The van der Waals surface area contributed by atoms with Crippen molar-refractivity contribution >= 4 is 0 Å². The zero-order valence-electron chi connectivity index (χ0n) is 14.1. The summed E-state index contributed by atoms with van der Waals surface area (Å²) in [5, 5.41) is 7.89. The third-order valence-corrected chi connectivity index (χ3v) is 4.23. The summed E-state index contributed by atoms with van der Waals surface area (Å²) in [6.07, 6.45) is 3.73. The Morgan fingerprint density at radius 2 is 1.79 bits per heavy atom. The van der Waals surface area contributed by atoms with Gasteiger partial charge in [0, 0.05) is 26.0 Å². The van der Waals surface area contributed by atoms with Crippen LogP contribution in [-0.4, -0.2) is 23.5 Å². The van der Waals surface area contributed by atoms with Gasteiger partial charge in [-0.1, -0.05) is 42.5 Å². The summed E-state index contributed by atoms with van der Waals surface area (Å²) in [5.74, 6) is 0. The zero-order chi connectivity index (χ0) is 16.8. The number of benzene rings is 2. The molecule has 0 radical (unpaired) electrons. The first-order valence-corrected chi connectivity index (χ1v) is 8.10. The SMILES string of the molecule is COC[C@@](C)(NCc1ccc(-n2cccn2)cc1)c1ccccc1. The number of hydrogen-bond acceptors (Lipinski definition) is 3. The Morgan fingerprint density at radius 1 is 1.04 bits per heavy atom. The molecule has 3 aromatic rings. The normalized spacial score (nSPS) is 13.6. The van der Waals surface area contributed by atoms with Crippen molar-refractivity contribution in [2.24, 2.45) is 0 Å². The maximum Gasteiger partial charge on any atom is 0.0683 e. The van der Waals surface area contributed by atoms with Crippen LogP contribution in [0, 0.1) is 0 Å². The van der Waals surface area contributed by atoms with Crippen molar-refractivity contribution < 1.29 is 4.74 Å². The number of ether oxygens (including phenoxy) is 1. The molecule has 24 heavy (non-hydrogen) atoms. The first-order valence-electron chi connectivity index (χ1n) is 8.10. The van der Waals surface area contributed by atoms with E-state index in [2.05, 4.69) is 65.9 Å². The minimum atomic E-state index is -0.226. The van der Waals surface area contributed by atoms with Crippen molar-refractivity contribution in [3.8, 4) is 5.69 Å². The van der Waals surface area contributed by atoms with E-state index in [9.17, 15) is 0 Å². The van der Waals surface area contributed by atoms with Gasteiger partial charge >= 0.3 is 0 Å². The molecule has 0 fully saturated rings. The molecular weight excluding hydrogens is 298 g/mol. The average Bonchev–Trinajstić information content (AvgIpc) is 3.16. The summed E-state index contributed by atoms with van der Waals surface area (Å²) >= 11 is 0. The molecule has 2 aromatic carbocycles. The first-order chi connectivity index (χ1) is 11.7. The van der Waals surface area contributed by atoms with Crippen LogP contribution in [0.25, 0.3) is 5.69 Å². The number of aromatic nitrogens is 2. The van der Waals surface area contributed by atoms with Crippen molar-refractivity contribution in [3.63, 3.8) is 0 Å². The highest BCUT2D eigenvalue weighted by atomic mass is 16.5. The number of hydrogen-bond donors (Lipinski definition) is 1. The molecule has 4 nitrogen and oxygen atoms in total. The molecule has 3 rings (SSSR count). The topological polar surface area (TPSA) is 39.1 Å². The third kappa shape index (κ3) is 3.72. The van der Waals surface area contributed by atoms with Gasteiger partial charge in [-0.2, -0.15) is 5.10 Å². The Kier molecular flexibility index (Phi) is 5.08. The van der Waals surface area contributed by atoms with E-state index >= 15 is 0 Å². The van der Waals surface area contributed by atoms with Gasteiger partial charge in [-0.3, -0.25) is 0 Å². The lowest BCUT2D eigenvalue weighted by molar-refractivity contribution is 0.117. The van der Waals surface area contributed by atoms with E-state index in [0.29, 0.717) is 6.61 Å². The summed E-state index contributed by atoms with van der Waals surface area (Å²) in [6, 6.07) is 20.8. The molecule has 0 amide bonds. The molecule has 0 bridgehead atoms. The molecule has 124 valence electrons. The van der Waals surface area contributed by atoms with Crippen LogP contribution in [-0.2, 0) is 16.8 Å². The second-order valence-electron chi connectivity index (χ2n) is 6.10. The molecule has 0 saturated carbocycles. The predicted octanol–water partition coefficient (Wildman–Crippen LogP) is 3.52. The van der Waals surface area contributed by atoms with Crippen molar-refractivity contribution in [1.29, 1.82) is 0 Å². The Bertz CT molecular complexity index is 738. The van der Waals surface area contributed by atoms with E-state index in [1.165, 1.54) is 11.1 Å². The molecule has 1 heterocycles. The van der Waals surface area contributed by atoms with Gasteiger partial charge in [-0.05, 0) is 36.2 Å². The van der Waals surface area contributed by atoms with Crippen LogP contribution < -0.4 is 5.32 Å². The van der Waals surface area contributed by atoms with Crippen molar-refractivity contribution in [2.75, 3.05) is 13.7 Å². The Hall–Kier alpha value is -2.43. The first kappa shape index (κ1) is 16.4. The summed E-state index contributed by atoms with van der Waals surface area (Å²) in [4.78, 5) is 0. The van der Waals surface area contributed by atoms with Crippen LogP contribution in [0.3, 0.4) is 0 Å². The van der Waals surface area contributed by atoms with Crippen LogP contribution in [0.5, 0.6) is 0 Å². The quantitative estimate of drug-likeness (QED) is 0.723. The van der Waals surface area contributed by atoms with Crippen LogP contribution in [0.2, 0.25) is 0 Å². The Labute approximate surface area is 143 Å². The molecule has 1 N–H and O–H groups in total. The van der Waals surface area contributed by atoms with Gasteiger partial charge in [0.1, 0.15) is 0 Å². The Morgan fingerprint density at radius 3 is 2.42 bits per heavy atom. The largest absolute Gasteiger partial charge is 0.382 e. The minimum Gasteiger partial charge on any atom is -0.382 e. The molecule has 0 unspecified atom stereocenters. The fraction of sp³-hybridized carbons (Fsp3) is 0.250. The lowest BCUT2D eigenvalue weighted by atomic mass is 9.92. The van der Waals surface area contributed by atoms with Crippen LogP contribution in [0.1, 0.15) is 18.1 Å². The van der Waals surface area contributed by atoms with E-state index in [0.717, 1.165) is 12.2 Å². The van der Waals surface area contributed by atoms with Gasteiger partial charge in [-0.15, -0.1) is 0 Å². The van der Waals surface area contributed by atoms with Crippen LogP contribution in [0.15, 0.2) is 73.1 Å². The molecule has 0 aliphatic heterocycles. The smallest absolute Gasteiger partial charge is 0.0683 e. The van der Waals surface area contributed by atoms with Gasteiger partial charge < -0.3 is 10.1 Å². The second kappa shape index (κ2) is 7.43. The molecule has 0 saturated heterocycles. The molecule has 1 aromatic heterocycles. The van der Waals surface area contributed by atoms with Crippen molar-refractivity contribution in [2.45, 2.75) is 19.0 Å². The highest BCUT2D eigenvalue weighted by Crippen LogP contribution is 2.21. The van der Waals surface area contributed by atoms with E-state index in [4.69, 9.17) is 4.74 Å². The lowest BCUT2D eigenvalue weighted by Gasteiger charge is -2.31. The predicted molar refractivity (Wildman–Crippen MR) is 96.1 cm³/mol. The molecule has 0 aliphatic carbocycles. The van der Waals surface area contributed by atoms with Gasteiger partial charge in [-0.25, -0.2) is 4.68 Å². The minimum absolute atomic E-state index is 0.226. The maximum absolute atomic E-state index is 5.44. The van der Waals surface area contributed by atoms with Crippen LogP contribution >= 0.6 is 0 Å². The molecule has 0 spiro atoms. The molecule has 0 aliphatic rings. The third-order valence-electron chi connectivity index (χ3n) is 4.23.